The van der Waals surface area contributed by atoms with Crippen LogP contribution in [0, 0.1) is 5.92 Å². The molecule has 2 rings (SSSR count). The summed E-state index contributed by atoms with van der Waals surface area (Å²) in [6.07, 6.45) is 8.30. The lowest BCUT2D eigenvalue weighted by atomic mass is 9.91. The highest BCUT2D eigenvalue weighted by Gasteiger charge is 2.31. The molecule has 3 nitrogen and oxygen atoms in total. The smallest absolute Gasteiger partial charge is 0.229 e. The third kappa shape index (κ3) is 1.69. The summed E-state index contributed by atoms with van der Waals surface area (Å²) < 4.78 is 0. The van der Waals surface area contributed by atoms with Crippen molar-refractivity contribution in [2.75, 3.05) is 7.05 Å². The van der Waals surface area contributed by atoms with Crippen LogP contribution in [0.1, 0.15) is 25.7 Å². The standard InChI is InChI=1S/C11H18N2O/c1-13(10-3-2-4-10)11(14)8-5-6-9(12)7-8/h5-6,8-10H,2-4,7,12H2,1H3. The van der Waals surface area contributed by atoms with E-state index in [0.29, 0.717) is 6.04 Å². The minimum absolute atomic E-state index is 0.0376. The minimum atomic E-state index is 0.0376. The van der Waals surface area contributed by atoms with E-state index in [-0.39, 0.29) is 17.9 Å². The molecule has 2 aliphatic carbocycles. The fourth-order valence-corrected chi connectivity index (χ4v) is 2.13. The van der Waals surface area contributed by atoms with E-state index in [1.807, 2.05) is 24.1 Å². The number of rotatable bonds is 2. The van der Waals surface area contributed by atoms with Crippen LogP contribution in [0.5, 0.6) is 0 Å². The fourth-order valence-electron chi connectivity index (χ4n) is 2.13. The molecule has 0 bridgehead atoms. The normalized spacial score (nSPS) is 31.6. The van der Waals surface area contributed by atoms with E-state index < -0.39 is 0 Å². The van der Waals surface area contributed by atoms with Gasteiger partial charge in [0.2, 0.25) is 5.91 Å². The summed E-state index contributed by atoms with van der Waals surface area (Å²) in [4.78, 5) is 13.9. The lowest BCUT2D eigenvalue weighted by molar-refractivity contribution is -0.136. The first-order valence-corrected chi connectivity index (χ1v) is 5.39. The molecule has 0 spiro atoms. The van der Waals surface area contributed by atoms with Gasteiger partial charge < -0.3 is 10.6 Å². The van der Waals surface area contributed by atoms with Crippen LogP contribution in [0.4, 0.5) is 0 Å². The van der Waals surface area contributed by atoms with Crippen LogP contribution in [-0.2, 0) is 4.79 Å². The lowest BCUT2D eigenvalue weighted by Gasteiger charge is -2.36. The van der Waals surface area contributed by atoms with Crippen LogP contribution in [-0.4, -0.2) is 29.9 Å². The molecule has 78 valence electrons. The average molecular weight is 194 g/mol. The number of nitrogens with zero attached hydrogens (tertiary/aromatic N) is 1. The summed E-state index contributed by atoms with van der Waals surface area (Å²) in [5, 5.41) is 0. The molecular weight excluding hydrogens is 176 g/mol. The van der Waals surface area contributed by atoms with Gasteiger partial charge in [0.25, 0.3) is 0 Å². The van der Waals surface area contributed by atoms with Crippen molar-refractivity contribution in [2.45, 2.75) is 37.8 Å². The second kappa shape index (κ2) is 3.73. The number of nitrogens with two attached hydrogens (primary N) is 1. The third-order valence-corrected chi connectivity index (χ3v) is 3.40. The van der Waals surface area contributed by atoms with E-state index >= 15 is 0 Å². The minimum Gasteiger partial charge on any atom is -0.342 e. The first-order chi connectivity index (χ1) is 6.68. The summed E-state index contributed by atoms with van der Waals surface area (Å²) >= 11 is 0. The van der Waals surface area contributed by atoms with Crippen LogP contribution in [0.15, 0.2) is 12.2 Å². The van der Waals surface area contributed by atoms with Gasteiger partial charge in [0.05, 0.1) is 5.92 Å². The Kier molecular flexibility index (Phi) is 2.59. The van der Waals surface area contributed by atoms with Gasteiger partial charge in [-0.1, -0.05) is 12.2 Å². The molecule has 0 aromatic heterocycles. The molecule has 1 amide bonds. The van der Waals surface area contributed by atoms with Crippen molar-refractivity contribution in [3.05, 3.63) is 12.2 Å². The monoisotopic (exact) mass is 194 g/mol. The average Bonchev–Trinajstić information content (AvgIpc) is 2.47. The van der Waals surface area contributed by atoms with Gasteiger partial charge >= 0.3 is 0 Å². The quantitative estimate of drug-likeness (QED) is 0.664. The van der Waals surface area contributed by atoms with Gasteiger partial charge in [0.1, 0.15) is 0 Å². The third-order valence-electron chi connectivity index (χ3n) is 3.40. The van der Waals surface area contributed by atoms with Crippen molar-refractivity contribution in [1.29, 1.82) is 0 Å². The predicted molar refractivity (Wildman–Crippen MR) is 55.6 cm³/mol. The van der Waals surface area contributed by atoms with Gasteiger partial charge in [0.15, 0.2) is 0 Å². The zero-order valence-electron chi connectivity index (χ0n) is 8.65. The van der Waals surface area contributed by atoms with E-state index in [9.17, 15) is 4.79 Å². The number of amides is 1. The van der Waals surface area contributed by atoms with Crippen LogP contribution >= 0.6 is 0 Å². The molecule has 0 radical (unpaired) electrons. The van der Waals surface area contributed by atoms with Gasteiger partial charge in [0, 0.05) is 19.1 Å². The summed E-state index contributed by atoms with van der Waals surface area (Å²) in [5.41, 5.74) is 5.73. The molecule has 0 heterocycles. The van der Waals surface area contributed by atoms with E-state index in [0.717, 1.165) is 6.42 Å². The van der Waals surface area contributed by atoms with E-state index in [4.69, 9.17) is 5.73 Å². The molecule has 2 unspecified atom stereocenters. The van der Waals surface area contributed by atoms with E-state index in [2.05, 4.69) is 0 Å². The summed E-state index contributed by atoms with van der Waals surface area (Å²) in [6.45, 7) is 0. The predicted octanol–water partition coefficient (Wildman–Crippen LogP) is 0.901. The molecule has 0 aromatic rings. The topological polar surface area (TPSA) is 46.3 Å². The lowest BCUT2D eigenvalue weighted by Crippen LogP contribution is -2.43. The van der Waals surface area contributed by atoms with Crippen molar-refractivity contribution >= 4 is 5.91 Å². The molecule has 0 aromatic carbocycles. The van der Waals surface area contributed by atoms with Gasteiger partial charge in [-0.2, -0.15) is 0 Å². The molecule has 2 aliphatic rings. The highest BCUT2D eigenvalue weighted by molar-refractivity contribution is 5.81. The number of carbonyl (C=O) groups excluding carboxylic acids is 1. The number of hydrogen-bond acceptors (Lipinski definition) is 2. The maximum atomic E-state index is 11.9. The van der Waals surface area contributed by atoms with Gasteiger partial charge in [-0.3, -0.25) is 4.79 Å². The first kappa shape index (κ1) is 9.71. The molecule has 1 saturated carbocycles. The molecule has 0 saturated heterocycles. The Labute approximate surface area is 84.9 Å². The van der Waals surface area contributed by atoms with Crippen LogP contribution in [0.25, 0.3) is 0 Å². The van der Waals surface area contributed by atoms with Gasteiger partial charge in [-0.25, -0.2) is 0 Å². The number of carbonyl (C=O) groups is 1. The second-order valence-corrected chi connectivity index (χ2v) is 4.42. The Bertz CT molecular complexity index is 258. The van der Waals surface area contributed by atoms with E-state index in [1.54, 1.807) is 0 Å². The van der Waals surface area contributed by atoms with Gasteiger partial charge in [-0.15, -0.1) is 0 Å². The van der Waals surface area contributed by atoms with E-state index in [1.165, 1.54) is 19.3 Å². The van der Waals surface area contributed by atoms with Crippen molar-refractivity contribution in [1.82, 2.24) is 4.90 Å². The van der Waals surface area contributed by atoms with Crippen molar-refractivity contribution in [3.8, 4) is 0 Å². The largest absolute Gasteiger partial charge is 0.342 e. The molecule has 1 fully saturated rings. The Hall–Kier alpha value is -0.830. The van der Waals surface area contributed by atoms with Crippen LogP contribution in [0.2, 0.25) is 0 Å². The molecule has 2 N–H and O–H groups in total. The molecule has 0 aliphatic heterocycles. The zero-order chi connectivity index (χ0) is 10.1. The number of hydrogen-bond donors (Lipinski definition) is 1. The SMILES string of the molecule is CN(C(=O)C1C=CC(N)C1)C1CCC1. The second-order valence-electron chi connectivity index (χ2n) is 4.42. The maximum Gasteiger partial charge on any atom is 0.229 e. The van der Waals surface area contributed by atoms with Gasteiger partial charge in [-0.05, 0) is 25.7 Å². The van der Waals surface area contributed by atoms with Crippen molar-refractivity contribution in [2.24, 2.45) is 11.7 Å². The van der Waals surface area contributed by atoms with Crippen molar-refractivity contribution in [3.63, 3.8) is 0 Å². The fraction of sp³-hybridized carbons (Fsp3) is 0.727. The van der Waals surface area contributed by atoms with Crippen LogP contribution < -0.4 is 5.73 Å². The highest BCUT2D eigenvalue weighted by Crippen LogP contribution is 2.27. The Morgan fingerprint density at radius 1 is 1.43 bits per heavy atom. The highest BCUT2D eigenvalue weighted by atomic mass is 16.2. The first-order valence-electron chi connectivity index (χ1n) is 5.39. The molecule has 2 atom stereocenters. The van der Waals surface area contributed by atoms with Crippen molar-refractivity contribution < 1.29 is 4.79 Å². The molecular formula is C11H18N2O. The summed E-state index contributed by atoms with van der Waals surface area (Å²) in [5.74, 6) is 0.287. The molecule has 14 heavy (non-hydrogen) atoms. The Morgan fingerprint density at radius 2 is 2.14 bits per heavy atom. The summed E-state index contributed by atoms with van der Waals surface area (Å²) in [7, 11) is 1.92. The summed E-state index contributed by atoms with van der Waals surface area (Å²) in [6, 6.07) is 0.575. The Balaban J connectivity index is 1.91. The Morgan fingerprint density at radius 3 is 2.57 bits per heavy atom. The molecule has 3 heteroatoms. The maximum absolute atomic E-state index is 11.9. The zero-order valence-corrected chi connectivity index (χ0v) is 8.65. The van der Waals surface area contributed by atoms with Crippen LogP contribution in [0.3, 0.4) is 0 Å².